The molecule has 6 nitrogen and oxygen atoms in total. The number of pyridine rings is 1. The van der Waals surface area contributed by atoms with E-state index in [-0.39, 0.29) is 18.8 Å². The number of amides is 1. The van der Waals surface area contributed by atoms with Gasteiger partial charge in [0.15, 0.2) is 0 Å². The number of ether oxygens (including phenoxy) is 1. The molecule has 0 saturated heterocycles. The summed E-state index contributed by atoms with van der Waals surface area (Å²) in [5.41, 5.74) is 3.17. The van der Waals surface area contributed by atoms with Crippen LogP contribution in [0.4, 0.5) is 14.5 Å². The van der Waals surface area contributed by atoms with Crippen LogP contribution in [0.25, 0.3) is 0 Å². The molecule has 0 spiro atoms. The molecule has 0 saturated carbocycles. The molecule has 1 amide bonds. The number of hydrogen-bond acceptors (Lipinski definition) is 5. The average molecular weight is 260 g/mol. The van der Waals surface area contributed by atoms with Crippen molar-refractivity contribution in [2.75, 3.05) is 25.2 Å². The van der Waals surface area contributed by atoms with Gasteiger partial charge in [0.05, 0.1) is 18.5 Å². The molecule has 0 aliphatic carbocycles. The SMILES string of the molecule is NNc1ccc(C(=O)NCCOCC(F)F)nc1. The molecule has 8 heteroatoms. The predicted molar refractivity (Wildman–Crippen MR) is 61.2 cm³/mol. The van der Waals surface area contributed by atoms with E-state index in [0.717, 1.165) is 0 Å². The summed E-state index contributed by atoms with van der Waals surface area (Å²) in [5, 5.41) is 2.49. The molecule has 18 heavy (non-hydrogen) atoms. The highest BCUT2D eigenvalue weighted by Crippen LogP contribution is 2.03. The Kier molecular flexibility index (Phi) is 5.95. The fourth-order valence-corrected chi connectivity index (χ4v) is 1.11. The molecule has 1 rings (SSSR count). The second kappa shape index (κ2) is 7.51. The van der Waals surface area contributed by atoms with Crippen LogP contribution in [0.3, 0.4) is 0 Å². The zero-order chi connectivity index (χ0) is 13.4. The first-order chi connectivity index (χ1) is 8.63. The Morgan fingerprint density at radius 1 is 1.50 bits per heavy atom. The van der Waals surface area contributed by atoms with Gasteiger partial charge >= 0.3 is 0 Å². The fraction of sp³-hybridized carbons (Fsp3) is 0.400. The fourth-order valence-electron chi connectivity index (χ4n) is 1.11. The summed E-state index contributed by atoms with van der Waals surface area (Å²) in [6, 6.07) is 3.08. The lowest BCUT2D eigenvalue weighted by Gasteiger charge is -2.06. The van der Waals surface area contributed by atoms with Gasteiger partial charge in [-0.3, -0.25) is 10.6 Å². The number of hydrogen-bond donors (Lipinski definition) is 3. The number of nitrogen functional groups attached to an aromatic ring is 1. The van der Waals surface area contributed by atoms with Gasteiger partial charge in [-0.25, -0.2) is 13.8 Å². The van der Waals surface area contributed by atoms with Gasteiger partial charge in [0.1, 0.15) is 12.3 Å². The lowest BCUT2D eigenvalue weighted by Crippen LogP contribution is -2.28. The summed E-state index contributed by atoms with van der Waals surface area (Å²) in [6.45, 7) is -0.465. The van der Waals surface area contributed by atoms with Gasteiger partial charge in [-0.05, 0) is 12.1 Å². The van der Waals surface area contributed by atoms with Crippen molar-refractivity contribution in [3.05, 3.63) is 24.0 Å². The Morgan fingerprint density at radius 3 is 2.83 bits per heavy atom. The Labute approximate surface area is 102 Å². The van der Waals surface area contributed by atoms with Gasteiger partial charge in [-0.15, -0.1) is 0 Å². The van der Waals surface area contributed by atoms with Crippen LogP contribution < -0.4 is 16.6 Å². The summed E-state index contributed by atoms with van der Waals surface area (Å²) in [4.78, 5) is 15.4. The minimum Gasteiger partial charge on any atom is -0.374 e. The summed E-state index contributed by atoms with van der Waals surface area (Å²) in [6.07, 6.45) is -1.10. The third-order valence-electron chi connectivity index (χ3n) is 1.94. The van der Waals surface area contributed by atoms with Crippen LogP contribution in [-0.2, 0) is 4.74 Å². The highest BCUT2D eigenvalue weighted by Gasteiger charge is 2.06. The summed E-state index contributed by atoms with van der Waals surface area (Å²) in [7, 11) is 0. The van der Waals surface area contributed by atoms with Crippen LogP contribution in [0.15, 0.2) is 18.3 Å². The van der Waals surface area contributed by atoms with Crippen molar-refractivity contribution in [1.29, 1.82) is 0 Å². The minimum absolute atomic E-state index is 0.0263. The summed E-state index contributed by atoms with van der Waals surface area (Å²) >= 11 is 0. The molecule has 0 radical (unpaired) electrons. The first kappa shape index (κ1) is 14.3. The maximum absolute atomic E-state index is 11.7. The van der Waals surface area contributed by atoms with E-state index in [9.17, 15) is 13.6 Å². The van der Waals surface area contributed by atoms with Crippen LogP contribution in [0.5, 0.6) is 0 Å². The number of rotatable bonds is 7. The molecular weight excluding hydrogens is 246 g/mol. The van der Waals surface area contributed by atoms with Crippen molar-refractivity contribution in [1.82, 2.24) is 10.3 Å². The quantitative estimate of drug-likeness (QED) is 0.374. The van der Waals surface area contributed by atoms with Gasteiger partial charge in [-0.2, -0.15) is 0 Å². The van der Waals surface area contributed by atoms with Crippen LogP contribution >= 0.6 is 0 Å². The number of halogens is 2. The molecule has 100 valence electrons. The molecule has 0 aliphatic rings. The number of aromatic nitrogens is 1. The van der Waals surface area contributed by atoms with Gasteiger partial charge < -0.3 is 15.5 Å². The smallest absolute Gasteiger partial charge is 0.269 e. The number of nitrogens with two attached hydrogens (primary N) is 1. The van der Waals surface area contributed by atoms with E-state index in [2.05, 4.69) is 20.5 Å². The Hall–Kier alpha value is -1.80. The standard InChI is InChI=1S/C10H14F2N4O2/c11-9(12)6-18-4-3-14-10(17)8-2-1-7(16-13)5-15-8/h1-2,5,9,16H,3-4,6,13H2,(H,14,17). The topological polar surface area (TPSA) is 89.3 Å². The van der Waals surface area contributed by atoms with Crippen LogP contribution in [0.1, 0.15) is 10.5 Å². The Morgan fingerprint density at radius 2 is 2.28 bits per heavy atom. The lowest BCUT2D eigenvalue weighted by molar-refractivity contribution is 0.0188. The Bertz CT molecular complexity index is 373. The zero-order valence-corrected chi connectivity index (χ0v) is 9.53. The van der Waals surface area contributed by atoms with E-state index in [4.69, 9.17) is 5.84 Å². The molecule has 0 aromatic carbocycles. The molecule has 0 bridgehead atoms. The van der Waals surface area contributed by atoms with Crippen LogP contribution in [0, 0.1) is 0 Å². The highest BCUT2D eigenvalue weighted by atomic mass is 19.3. The molecule has 0 aliphatic heterocycles. The third kappa shape index (κ3) is 5.02. The number of nitrogens with zero attached hydrogens (tertiary/aromatic N) is 1. The first-order valence-electron chi connectivity index (χ1n) is 5.20. The lowest BCUT2D eigenvalue weighted by atomic mass is 10.3. The third-order valence-corrected chi connectivity index (χ3v) is 1.94. The van der Waals surface area contributed by atoms with Gasteiger partial charge in [0, 0.05) is 6.54 Å². The van der Waals surface area contributed by atoms with Gasteiger partial charge in [-0.1, -0.05) is 0 Å². The van der Waals surface area contributed by atoms with Crippen molar-refractivity contribution >= 4 is 11.6 Å². The number of carbonyl (C=O) groups is 1. The number of carbonyl (C=O) groups excluding carboxylic acids is 1. The first-order valence-corrected chi connectivity index (χ1v) is 5.20. The van der Waals surface area contributed by atoms with Crippen molar-refractivity contribution in [3.63, 3.8) is 0 Å². The number of alkyl halides is 2. The van der Waals surface area contributed by atoms with E-state index in [1.807, 2.05) is 0 Å². The predicted octanol–water partition coefficient (Wildman–Crippen LogP) is 0.379. The molecule has 0 unspecified atom stereocenters. The molecule has 0 atom stereocenters. The number of anilines is 1. The van der Waals surface area contributed by atoms with Gasteiger partial charge in [0.25, 0.3) is 12.3 Å². The minimum atomic E-state index is -2.50. The second-order valence-corrected chi connectivity index (χ2v) is 3.30. The van der Waals surface area contributed by atoms with E-state index < -0.39 is 18.9 Å². The molecule has 0 fully saturated rings. The van der Waals surface area contributed by atoms with Crippen molar-refractivity contribution in [3.8, 4) is 0 Å². The van der Waals surface area contributed by atoms with E-state index >= 15 is 0 Å². The summed E-state index contributed by atoms with van der Waals surface area (Å²) < 4.78 is 28.0. The molecule has 4 N–H and O–H groups in total. The van der Waals surface area contributed by atoms with E-state index in [0.29, 0.717) is 5.69 Å². The zero-order valence-electron chi connectivity index (χ0n) is 9.53. The summed E-state index contributed by atoms with van der Waals surface area (Å²) in [5.74, 6) is 4.74. The molecule has 1 heterocycles. The Balaban J connectivity index is 2.27. The maximum atomic E-state index is 11.7. The van der Waals surface area contributed by atoms with Crippen LogP contribution in [0.2, 0.25) is 0 Å². The van der Waals surface area contributed by atoms with Crippen molar-refractivity contribution in [2.24, 2.45) is 5.84 Å². The largest absolute Gasteiger partial charge is 0.374 e. The van der Waals surface area contributed by atoms with E-state index in [1.54, 1.807) is 6.07 Å². The molecule has 1 aromatic heterocycles. The second-order valence-electron chi connectivity index (χ2n) is 3.30. The van der Waals surface area contributed by atoms with E-state index in [1.165, 1.54) is 12.3 Å². The average Bonchev–Trinajstić information content (AvgIpc) is 2.38. The van der Waals surface area contributed by atoms with Crippen LogP contribution in [-0.4, -0.2) is 37.1 Å². The normalized spacial score (nSPS) is 10.4. The van der Waals surface area contributed by atoms with Crippen molar-refractivity contribution < 1.29 is 18.3 Å². The monoisotopic (exact) mass is 260 g/mol. The highest BCUT2D eigenvalue weighted by molar-refractivity contribution is 5.92. The molecule has 1 aromatic rings. The number of hydrazine groups is 1. The van der Waals surface area contributed by atoms with Crippen molar-refractivity contribution in [2.45, 2.75) is 6.43 Å². The molecular formula is C10H14F2N4O2. The number of nitrogens with one attached hydrogen (secondary N) is 2. The maximum Gasteiger partial charge on any atom is 0.269 e. The van der Waals surface area contributed by atoms with Gasteiger partial charge in [0.2, 0.25) is 0 Å².